The fourth-order valence-corrected chi connectivity index (χ4v) is 4.61. The smallest absolute Gasteiger partial charge is 0.339 e. The van der Waals surface area contributed by atoms with Crippen LogP contribution in [0, 0.1) is 5.41 Å². The largest absolute Gasteiger partial charge is 0.493 e. The lowest BCUT2D eigenvalue weighted by Crippen LogP contribution is -2.35. The molecule has 6 heteroatoms. The predicted octanol–water partition coefficient (Wildman–Crippen LogP) is 8.56. The van der Waals surface area contributed by atoms with E-state index in [-0.39, 0.29) is 16.9 Å². The summed E-state index contributed by atoms with van der Waals surface area (Å²) in [5.41, 5.74) is 6.12. The van der Waals surface area contributed by atoms with Crippen molar-refractivity contribution in [3.63, 3.8) is 0 Å². The maximum Gasteiger partial charge on any atom is 0.339 e. The molecule has 6 nitrogen and oxygen atoms in total. The highest BCUT2D eigenvalue weighted by molar-refractivity contribution is 5.96. The molecule has 0 aliphatic heterocycles. The molecule has 0 spiro atoms. The fraction of sp³-hybridized carbons (Fsp3) is 0.417. The number of amides is 1. The van der Waals surface area contributed by atoms with Gasteiger partial charge in [0.15, 0.2) is 0 Å². The molecule has 0 saturated heterocycles. The van der Waals surface area contributed by atoms with Crippen LogP contribution in [0.1, 0.15) is 94.8 Å². The molecule has 3 aromatic carbocycles. The standard InChI is InChI=1S/C24H30N2O4.C12H18/c1-4-23(27)26(5-2)22(25)12-8-10-17-9-7-11-18(15-17)19-13-14-21(30-6-3)20(16-19)24(28)29;1-5-10-6-8-11(9-7-10)12(2,3)4/h7,9,11,13-16,25H,4-6,8,10,12H2,1-3H3,(H,28,29);6-9H,5H2,1-4H3. The Hall–Kier alpha value is -3.93. The third-order valence-corrected chi connectivity index (χ3v) is 7.12. The molecule has 3 aromatic rings. The van der Waals surface area contributed by atoms with E-state index in [2.05, 4.69) is 52.0 Å². The Kier molecular flexibility index (Phi) is 13.5. The summed E-state index contributed by atoms with van der Waals surface area (Å²) in [4.78, 5) is 25.0. The molecule has 0 fully saturated rings. The minimum Gasteiger partial charge on any atom is -0.493 e. The van der Waals surface area contributed by atoms with Gasteiger partial charge in [-0.15, -0.1) is 0 Å². The van der Waals surface area contributed by atoms with Crippen LogP contribution in [0.4, 0.5) is 0 Å². The molecule has 1 amide bonds. The van der Waals surface area contributed by atoms with Gasteiger partial charge in [0.05, 0.1) is 6.61 Å². The SMILES string of the molecule is CCOc1ccc(-c2cccc(CCCC(=N)N(CC)C(=O)CC)c2)cc1C(=O)O.CCc1ccc(C(C)(C)C)cc1. The van der Waals surface area contributed by atoms with Gasteiger partial charge in [0.25, 0.3) is 0 Å². The minimum atomic E-state index is -1.02. The van der Waals surface area contributed by atoms with E-state index >= 15 is 0 Å². The number of rotatable bonds is 11. The maximum atomic E-state index is 11.9. The number of amidine groups is 1. The van der Waals surface area contributed by atoms with Crippen molar-refractivity contribution in [2.75, 3.05) is 13.2 Å². The zero-order valence-electron chi connectivity index (χ0n) is 26.4. The molecule has 0 atom stereocenters. The van der Waals surface area contributed by atoms with Gasteiger partial charge in [0, 0.05) is 19.4 Å². The van der Waals surface area contributed by atoms with Crippen LogP contribution >= 0.6 is 0 Å². The number of benzene rings is 3. The summed E-state index contributed by atoms with van der Waals surface area (Å²) in [6, 6.07) is 22.1. The molecule has 0 heterocycles. The van der Waals surface area contributed by atoms with Crippen molar-refractivity contribution in [2.24, 2.45) is 0 Å². The maximum absolute atomic E-state index is 11.9. The van der Waals surface area contributed by atoms with E-state index in [4.69, 9.17) is 10.1 Å². The third-order valence-electron chi connectivity index (χ3n) is 7.12. The van der Waals surface area contributed by atoms with Crippen LogP contribution in [-0.2, 0) is 23.1 Å². The second kappa shape index (κ2) is 16.5. The highest BCUT2D eigenvalue weighted by Gasteiger charge is 2.15. The van der Waals surface area contributed by atoms with Gasteiger partial charge in [0.1, 0.15) is 17.1 Å². The predicted molar refractivity (Wildman–Crippen MR) is 173 cm³/mol. The van der Waals surface area contributed by atoms with Crippen LogP contribution in [0.25, 0.3) is 11.1 Å². The molecule has 0 aliphatic carbocycles. The van der Waals surface area contributed by atoms with Gasteiger partial charge >= 0.3 is 5.97 Å². The van der Waals surface area contributed by atoms with Crippen molar-refractivity contribution in [3.05, 3.63) is 89.0 Å². The third kappa shape index (κ3) is 10.2. The lowest BCUT2D eigenvalue weighted by Gasteiger charge is -2.21. The minimum absolute atomic E-state index is 0.0192. The second-order valence-corrected chi connectivity index (χ2v) is 11.2. The van der Waals surface area contributed by atoms with E-state index in [0.29, 0.717) is 37.6 Å². The van der Waals surface area contributed by atoms with Crippen molar-refractivity contribution in [1.29, 1.82) is 5.41 Å². The molecule has 226 valence electrons. The number of carbonyl (C=O) groups excluding carboxylic acids is 1. The summed E-state index contributed by atoms with van der Waals surface area (Å²) >= 11 is 0. The average molecular weight is 573 g/mol. The molecule has 0 saturated carbocycles. The van der Waals surface area contributed by atoms with Gasteiger partial charge in [-0.05, 0) is 78.5 Å². The molecular formula is C36H48N2O4. The first-order chi connectivity index (χ1) is 19.9. The number of aryl methyl sites for hydroxylation is 2. The first-order valence-corrected chi connectivity index (χ1v) is 15.0. The van der Waals surface area contributed by atoms with Crippen molar-refractivity contribution in [2.45, 2.75) is 86.0 Å². The fourth-order valence-electron chi connectivity index (χ4n) is 4.61. The Balaban J connectivity index is 0.000000428. The summed E-state index contributed by atoms with van der Waals surface area (Å²) in [5, 5.41) is 17.7. The number of nitrogens with zero attached hydrogens (tertiary/aromatic N) is 1. The Morgan fingerprint density at radius 3 is 2.10 bits per heavy atom. The van der Waals surface area contributed by atoms with Gasteiger partial charge in [-0.1, -0.05) is 89.2 Å². The van der Waals surface area contributed by atoms with E-state index in [1.807, 2.05) is 44.2 Å². The Labute approximate surface area is 252 Å². The lowest BCUT2D eigenvalue weighted by atomic mass is 9.86. The van der Waals surface area contributed by atoms with Crippen LogP contribution < -0.4 is 4.74 Å². The number of hydrogen-bond acceptors (Lipinski definition) is 4. The lowest BCUT2D eigenvalue weighted by molar-refractivity contribution is -0.127. The topological polar surface area (TPSA) is 90.7 Å². The van der Waals surface area contributed by atoms with Crippen LogP contribution in [-0.4, -0.2) is 40.9 Å². The first-order valence-electron chi connectivity index (χ1n) is 15.0. The summed E-state index contributed by atoms with van der Waals surface area (Å²) < 4.78 is 5.41. The molecular weight excluding hydrogens is 524 g/mol. The van der Waals surface area contributed by atoms with Crippen LogP contribution in [0.2, 0.25) is 0 Å². The van der Waals surface area contributed by atoms with Crippen molar-refractivity contribution in [3.8, 4) is 16.9 Å². The van der Waals surface area contributed by atoms with E-state index in [0.717, 1.165) is 36.0 Å². The molecule has 3 rings (SSSR count). The number of ether oxygens (including phenoxy) is 1. The van der Waals surface area contributed by atoms with Crippen molar-refractivity contribution in [1.82, 2.24) is 4.90 Å². The zero-order chi connectivity index (χ0) is 31.3. The second-order valence-electron chi connectivity index (χ2n) is 11.2. The van der Waals surface area contributed by atoms with Crippen LogP contribution in [0.3, 0.4) is 0 Å². The number of nitrogens with one attached hydrogen (secondary N) is 1. The quantitative estimate of drug-likeness (QED) is 0.178. The highest BCUT2D eigenvalue weighted by atomic mass is 16.5. The zero-order valence-corrected chi connectivity index (χ0v) is 26.4. The number of carboxylic acids is 1. The van der Waals surface area contributed by atoms with Crippen molar-refractivity contribution >= 4 is 17.7 Å². The number of carboxylic acid groups (broad SMARTS) is 1. The highest BCUT2D eigenvalue weighted by Crippen LogP contribution is 2.28. The van der Waals surface area contributed by atoms with Crippen molar-refractivity contribution < 1.29 is 19.4 Å². The molecule has 0 unspecified atom stereocenters. The summed E-state index contributed by atoms with van der Waals surface area (Å²) in [5.74, 6) is -0.310. The van der Waals surface area contributed by atoms with E-state index in [1.54, 1.807) is 19.1 Å². The molecule has 0 aromatic heterocycles. The van der Waals surface area contributed by atoms with E-state index < -0.39 is 5.97 Å². The average Bonchev–Trinajstić information content (AvgIpc) is 2.97. The number of hydrogen-bond donors (Lipinski definition) is 2. The van der Waals surface area contributed by atoms with Crippen LogP contribution in [0.5, 0.6) is 5.75 Å². The Morgan fingerprint density at radius 1 is 0.881 bits per heavy atom. The summed E-state index contributed by atoms with van der Waals surface area (Å²) in [7, 11) is 0. The van der Waals surface area contributed by atoms with Gasteiger partial charge in [-0.25, -0.2) is 4.79 Å². The Bertz CT molecular complexity index is 1320. The van der Waals surface area contributed by atoms with Gasteiger partial charge in [-0.2, -0.15) is 0 Å². The molecule has 2 N–H and O–H groups in total. The molecule has 0 radical (unpaired) electrons. The van der Waals surface area contributed by atoms with E-state index in [9.17, 15) is 14.7 Å². The monoisotopic (exact) mass is 572 g/mol. The molecule has 0 aliphatic rings. The van der Waals surface area contributed by atoms with Gasteiger partial charge in [-0.3, -0.25) is 10.2 Å². The molecule has 0 bridgehead atoms. The van der Waals surface area contributed by atoms with Gasteiger partial charge < -0.3 is 14.7 Å². The van der Waals surface area contributed by atoms with E-state index in [1.165, 1.54) is 16.0 Å². The first kappa shape index (κ1) is 34.3. The molecule has 42 heavy (non-hydrogen) atoms. The summed E-state index contributed by atoms with van der Waals surface area (Å²) in [6.45, 7) is 15.4. The normalized spacial score (nSPS) is 10.8. The van der Waals surface area contributed by atoms with Crippen LogP contribution in [0.15, 0.2) is 66.7 Å². The Morgan fingerprint density at radius 2 is 1.55 bits per heavy atom. The number of aromatic carboxylic acids is 1. The summed E-state index contributed by atoms with van der Waals surface area (Å²) in [6.07, 6.45) is 3.61. The number of carbonyl (C=O) groups is 2. The van der Waals surface area contributed by atoms with Gasteiger partial charge in [0.2, 0.25) is 5.91 Å².